The van der Waals surface area contributed by atoms with Crippen molar-refractivity contribution in [2.75, 3.05) is 12.3 Å². The molecule has 1 atom stereocenters. The van der Waals surface area contributed by atoms with Gasteiger partial charge in [-0.1, -0.05) is 6.08 Å². The molecule has 21 heavy (non-hydrogen) atoms. The summed E-state index contributed by atoms with van der Waals surface area (Å²) in [7, 11) is -3.09. The number of thiazole rings is 1. The van der Waals surface area contributed by atoms with Crippen LogP contribution in [0.5, 0.6) is 0 Å². The topological polar surface area (TPSA) is 80.5 Å². The molecule has 1 N–H and O–H groups in total. The van der Waals surface area contributed by atoms with Crippen molar-refractivity contribution in [1.82, 2.24) is 14.7 Å². The molecule has 0 aromatic carbocycles. The van der Waals surface area contributed by atoms with E-state index in [-0.39, 0.29) is 24.0 Å². The maximum atomic E-state index is 11.8. The van der Waals surface area contributed by atoms with E-state index in [4.69, 9.17) is 0 Å². The van der Waals surface area contributed by atoms with Gasteiger partial charge in [-0.25, -0.2) is 13.4 Å². The smallest absolute Gasteiger partial charge is 0.220 e. The molecule has 0 radical (unpaired) electrons. The van der Waals surface area contributed by atoms with Crippen molar-refractivity contribution < 1.29 is 13.2 Å². The number of rotatable bonds is 5. The van der Waals surface area contributed by atoms with Gasteiger partial charge in [-0.05, 0) is 0 Å². The van der Waals surface area contributed by atoms with Gasteiger partial charge in [0.05, 0.1) is 11.4 Å². The molecule has 3 rings (SSSR count). The van der Waals surface area contributed by atoms with Gasteiger partial charge in [-0.15, -0.1) is 11.3 Å². The summed E-state index contributed by atoms with van der Waals surface area (Å²) in [5, 5.41) is 5.97. The summed E-state index contributed by atoms with van der Waals surface area (Å²) in [6.45, 7) is 0.507. The summed E-state index contributed by atoms with van der Waals surface area (Å²) in [5.41, 5.74) is 0.936. The van der Waals surface area contributed by atoms with E-state index in [2.05, 4.69) is 10.3 Å². The predicted octanol–water partition coefficient (Wildman–Crippen LogP) is 1.00. The van der Waals surface area contributed by atoms with Crippen LogP contribution >= 0.6 is 11.3 Å². The average Bonchev–Trinajstić information content (AvgIpc) is 3.04. The van der Waals surface area contributed by atoms with E-state index in [1.165, 1.54) is 5.41 Å². The number of nitrogens with zero attached hydrogens (tertiary/aromatic N) is 2. The van der Waals surface area contributed by atoms with Crippen LogP contribution < -0.4 is 5.32 Å². The molecular weight excluding hydrogens is 310 g/mol. The predicted molar refractivity (Wildman–Crippen MR) is 80.8 cm³/mol. The fraction of sp³-hybridized carbons (Fsp3) is 0.385. The average molecular weight is 325 g/mol. The molecule has 2 aromatic rings. The van der Waals surface area contributed by atoms with Gasteiger partial charge < -0.3 is 5.32 Å². The molecular formula is C13H15N3O3S2. The van der Waals surface area contributed by atoms with Gasteiger partial charge in [0.15, 0.2) is 14.8 Å². The fourth-order valence-corrected chi connectivity index (χ4v) is 4.42. The standard InChI is InChI=1S/C13H15N3O3S2/c17-12(7-10-2-6-21(18,19)9-10)14-3-1-11-8-16-4-5-20-13(16)15-11/h2,4-6,8,10H,1,3,7,9H2,(H,14,17)/t10-/m0/s1. The van der Waals surface area contributed by atoms with Crippen LogP contribution in [0.4, 0.5) is 0 Å². The first-order valence-electron chi connectivity index (χ1n) is 6.60. The Morgan fingerprint density at radius 3 is 3.10 bits per heavy atom. The minimum Gasteiger partial charge on any atom is -0.356 e. The van der Waals surface area contributed by atoms with Gasteiger partial charge in [0, 0.05) is 48.5 Å². The summed E-state index contributed by atoms with van der Waals surface area (Å²) in [6, 6.07) is 0. The van der Waals surface area contributed by atoms with Gasteiger partial charge in [0.2, 0.25) is 5.91 Å². The Bertz CT molecular complexity index is 760. The highest BCUT2D eigenvalue weighted by molar-refractivity contribution is 7.94. The molecule has 1 aliphatic heterocycles. The maximum absolute atomic E-state index is 11.8. The number of amides is 1. The van der Waals surface area contributed by atoms with Crippen molar-refractivity contribution in [3.63, 3.8) is 0 Å². The third-order valence-electron chi connectivity index (χ3n) is 3.30. The van der Waals surface area contributed by atoms with Crippen molar-refractivity contribution in [3.8, 4) is 0 Å². The number of aromatic nitrogens is 2. The number of allylic oxidation sites excluding steroid dienone is 1. The quantitative estimate of drug-likeness (QED) is 0.889. The van der Waals surface area contributed by atoms with E-state index < -0.39 is 9.84 Å². The van der Waals surface area contributed by atoms with Crippen molar-refractivity contribution >= 4 is 32.0 Å². The normalized spacial score (nSPS) is 20.1. The first-order valence-corrected chi connectivity index (χ1v) is 9.20. The molecule has 0 saturated carbocycles. The number of carbonyl (C=O) groups excluding carboxylic acids is 1. The summed E-state index contributed by atoms with van der Waals surface area (Å²) in [4.78, 5) is 17.1. The first kappa shape index (κ1) is 14.3. The molecule has 112 valence electrons. The first-order chi connectivity index (χ1) is 10.0. The van der Waals surface area contributed by atoms with Crippen LogP contribution in [0.15, 0.2) is 29.3 Å². The minimum atomic E-state index is -3.09. The van der Waals surface area contributed by atoms with Crippen LogP contribution in [0, 0.1) is 5.92 Å². The third kappa shape index (κ3) is 3.51. The van der Waals surface area contributed by atoms with Crippen molar-refractivity contribution in [1.29, 1.82) is 0 Å². The Labute approximate surface area is 126 Å². The van der Waals surface area contributed by atoms with E-state index in [1.54, 1.807) is 17.4 Å². The van der Waals surface area contributed by atoms with Crippen LogP contribution in [0.25, 0.3) is 4.96 Å². The molecule has 6 nitrogen and oxygen atoms in total. The monoisotopic (exact) mass is 325 g/mol. The highest BCUT2D eigenvalue weighted by atomic mass is 32.2. The zero-order valence-electron chi connectivity index (χ0n) is 11.2. The van der Waals surface area contributed by atoms with Gasteiger partial charge in [0.1, 0.15) is 0 Å². The highest BCUT2D eigenvalue weighted by Gasteiger charge is 2.23. The number of hydrogen-bond donors (Lipinski definition) is 1. The largest absolute Gasteiger partial charge is 0.356 e. The van der Waals surface area contributed by atoms with Gasteiger partial charge in [0.25, 0.3) is 0 Å². The maximum Gasteiger partial charge on any atom is 0.220 e. The molecule has 0 saturated heterocycles. The van der Waals surface area contributed by atoms with Crippen molar-refractivity contribution in [2.24, 2.45) is 5.92 Å². The van der Waals surface area contributed by atoms with E-state index in [0.717, 1.165) is 10.7 Å². The molecule has 1 aliphatic rings. The summed E-state index contributed by atoms with van der Waals surface area (Å²) in [5.74, 6) is -0.284. The molecule has 0 aliphatic carbocycles. The van der Waals surface area contributed by atoms with Crippen LogP contribution in [0.3, 0.4) is 0 Å². The Kier molecular flexibility index (Phi) is 3.81. The van der Waals surface area contributed by atoms with Crippen molar-refractivity contribution in [3.05, 3.63) is 35.0 Å². The lowest BCUT2D eigenvalue weighted by Crippen LogP contribution is -2.28. The summed E-state index contributed by atoms with van der Waals surface area (Å²) in [6.07, 6.45) is 6.37. The zero-order chi connectivity index (χ0) is 14.9. The summed E-state index contributed by atoms with van der Waals surface area (Å²) >= 11 is 1.57. The highest BCUT2D eigenvalue weighted by Crippen LogP contribution is 2.18. The van der Waals surface area contributed by atoms with Gasteiger partial charge in [-0.3, -0.25) is 9.20 Å². The van der Waals surface area contributed by atoms with Gasteiger partial charge >= 0.3 is 0 Å². The molecule has 3 heterocycles. The van der Waals surface area contributed by atoms with E-state index in [1.807, 2.05) is 22.2 Å². The Hall–Kier alpha value is -1.67. The van der Waals surface area contributed by atoms with Crippen LogP contribution in [0.1, 0.15) is 12.1 Å². The van der Waals surface area contributed by atoms with Crippen LogP contribution in [0.2, 0.25) is 0 Å². The molecule has 0 fully saturated rings. The van der Waals surface area contributed by atoms with Crippen LogP contribution in [-0.2, 0) is 21.1 Å². The molecule has 0 spiro atoms. The Morgan fingerprint density at radius 2 is 2.38 bits per heavy atom. The molecule has 2 aromatic heterocycles. The zero-order valence-corrected chi connectivity index (χ0v) is 12.9. The fourth-order valence-electron chi connectivity index (χ4n) is 2.30. The lowest BCUT2D eigenvalue weighted by molar-refractivity contribution is -0.121. The van der Waals surface area contributed by atoms with E-state index in [0.29, 0.717) is 13.0 Å². The second kappa shape index (κ2) is 5.61. The molecule has 8 heteroatoms. The van der Waals surface area contributed by atoms with Gasteiger partial charge in [-0.2, -0.15) is 0 Å². The second-order valence-electron chi connectivity index (χ2n) is 5.05. The number of imidazole rings is 1. The number of sulfone groups is 1. The number of carbonyl (C=O) groups is 1. The lowest BCUT2D eigenvalue weighted by atomic mass is 10.1. The van der Waals surface area contributed by atoms with Crippen LogP contribution in [-0.4, -0.2) is 36.0 Å². The molecule has 1 amide bonds. The molecule has 0 unspecified atom stereocenters. The third-order valence-corrected chi connectivity index (χ3v) is 5.53. The Balaban J connectivity index is 1.44. The Morgan fingerprint density at radius 1 is 1.52 bits per heavy atom. The number of hydrogen-bond acceptors (Lipinski definition) is 5. The van der Waals surface area contributed by atoms with Crippen molar-refractivity contribution in [2.45, 2.75) is 12.8 Å². The number of fused-ring (bicyclic) bond motifs is 1. The number of nitrogens with one attached hydrogen (secondary N) is 1. The molecule has 0 bridgehead atoms. The lowest BCUT2D eigenvalue weighted by Gasteiger charge is -2.07. The van der Waals surface area contributed by atoms with E-state index in [9.17, 15) is 13.2 Å². The minimum absolute atomic E-state index is 0.0394. The summed E-state index contributed by atoms with van der Waals surface area (Å²) < 4.78 is 24.5. The second-order valence-corrected chi connectivity index (χ2v) is 7.85. The SMILES string of the molecule is O=C(C[C@@H]1C=CS(=O)(=O)C1)NCCc1cn2ccsc2n1. The van der Waals surface area contributed by atoms with E-state index >= 15 is 0 Å².